The molecule has 3 heterocycles. The van der Waals surface area contributed by atoms with E-state index in [1.54, 1.807) is 6.33 Å². The summed E-state index contributed by atoms with van der Waals surface area (Å²) in [6.07, 6.45) is 3.17. The van der Waals surface area contributed by atoms with Crippen LogP contribution in [0.4, 0.5) is 11.5 Å². The number of aromatic nitrogens is 4. The number of benzene rings is 1. The van der Waals surface area contributed by atoms with Crippen LogP contribution in [0.3, 0.4) is 0 Å². The molecule has 1 aromatic carbocycles. The third kappa shape index (κ3) is 3.10. The van der Waals surface area contributed by atoms with Crippen LogP contribution in [0.15, 0.2) is 36.9 Å². The first-order valence-electron chi connectivity index (χ1n) is 7.70. The lowest BCUT2D eigenvalue weighted by atomic mass is 10.2. The molecule has 2 N–H and O–H groups in total. The number of nitrogens with one attached hydrogen (secondary N) is 2. The van der Waals surface area contributed by atoms with Crippen molar-refractivity contribution in [1.82, 2.24) is 19.9 Å². The van der Waals surface area contributed by atoms with Gasteiger partial charge in [-0.2, -0.15) is 11.8 Å². The Balaban J connectivity index is 1.44. The van der Waals surface area contributed by atoms with Gasteiger partial charge in [0.25, 0.3) is 0 Å². The molecule has 118 valence electrons. The predicted molar refractivity (Wildman–Crippen MR) is 95.0 cm³/mol. The van der Waals surface area contributed by atoms with Crippen molar-refractivity contribution in [2.24, 2.45) is 0 Å². The second kappa shape index (κ2) is 6.45. The first kappa shape index (κ1) is 14.3. The summed E-state index contributed by atoms with van der Waals surface area (Å²) in [6.45, 7) is 3.00. The van der Waals surface area contributed by atoms with E-state index >= 15 is 0 Å². The molecular formula is C16H18N6S. The van der Waals surface area contributed by atoms with Gasteiger partial charge in [-0.25, -0.2) is 15.0 Å². The first-order chi connectivity index (χ1) is 11.4. The number of anilines is 2. The van der Waals surface area contributed by atoms with Crippen LogP contribution in [0.5, 0.6) is 0 Å². The van der Waals surface area contributed by atoms with Crippen molar-refractivity contribution in [3.8, 4) is 0 Å². The molecule has 7 heteroatoms. The maximum Gasteiger partial charge on any atom is 0.182 e. The van der Waals surface area contributed by atoms with Crippen LogP contribution < -0.4 is 10.2 Å². The number of imidazole rings is 1. The largest absolute Gasteiger partial charge is 0.370 e. The Kier molecular flexibility index (Phi) is 4.02. The Hall–Kier alpha value is -2.28. The normalized spacial score (nSPS) is 15.0. The van der Waals surface area contributed by atoms with E-state index in [9.17, 15) is 0 Å². The highest BCUT2D eigenvalue weighted by atomic mass is 32.2. The monoisotopic (exact) mass is 326 g/mol. The van der Waals surface area contributed by atoms with Crippen molar-refractivity contribution < 1.29 is 0 Å². The molecule has 1 aliphatic rings. The summed E-state index contributed by atoms with van der Waals surface area (Å²) in [5.41, 5.74) is 4.06. The zero-order valence-electron chi connectivity index (χ0n) is 12.7. The molecule has 0 spiro atoms. The van der Waals surface area contributed by atoms with Crippen molar-refractivity contribution >= 4 is 34.4 Å². The van der Waals surface area contributed by atoms with Crippen LogP contribution in [0.1, 0.15) is 5.56 Å². The second-order valence-electron chi connectivity index (χ2n) is 5.44. The highest BCUT2D eigenvalue weighted by Gasteiger charge is 2.11. The molecule has 23 heavy (non-hydrogen) atoms. The zero-order chi connectivity index (χ0) is 15.5. The quantitative estimate of drug-likeness (QED) is 0.768. The summed E-state index contributed by atoms with van der Waals surface area (Å²) < 4.78 is 0. The van der Waals surface area contributed by atoms with Crippen LogP contribution >= 0.6 is 11.8 Å². The zero-order valence-corrected chi connectivity index (χ0v) is 13.5. The number of fused-ring (bicyclic) bond motifs is 1. The number of thioether (sulfide) groups is 1. The Morgan fingerprint density at radius 1 is 1.09 bits per heavy atom. The van der Waals surface area contributed by atoms with Crippen molar-refractivity contribution in [3.05, 3.63) is 42.5 Å². The van der Waals surface area contributed by atoms with Crippen molar-refractivity contribution in [2.75, 3.05) is 34.8 Å². The summed E-state index contributed by atoms with van der Waals surface area (Å²) in [5, 5.41) is 3.35. The summed E-state index contributed by atoms with van der Waals surface area (Å²) in [6, 6.07) is 8.77. The molecule has 0 atom stereocenters. The van der Waals surface area contributed by atoms with E-state index in [0.29, 0.717) is 5.65 Å². The maximum absolute atomic E-state index is 4.28. The second-order valence-corrected chi connectivity index (χ2v) is 6.67. The van der Waals surface area contributed by atoms with Gasteiger partial charge in [0.15, 0.2) is 11.5 Å². The predicted octanol–water partition coefficient (Wildman–Crippen LogP) is 2.52. The number of hydrogen-bond acceptors (Lipinski definition) is 6. The average molecular weight is 326 g/mol. The summed E-state index contributed by atoms with van der Waals surface area (Å²) in [5.74, 6) is 3.22. The molecule has 4 rings (SSSR count). The minimum atomic E-state index is 0.681. The standard InChI is InChI=1S/C16H18N6S/c1-3-13(22-5-7-23-8-6-22)4-2-12(1)9-17-15-14-16(19-10-18-14)21-11-20-15/h1-4,10-11H,5-9H2,(H2,17,18,19,20,21). The van der Waals surface area contributed by atoms with Gasteiger partial charge in [-0.15, -0.1) is 0 Å². The van der Waals surface area contributed by atoms with Gasteiger partial charge in [0.2, 0.25) is 0 Å². The third-order valence-electron chi connectivity index (χ3n) is 4.00. The molecule has 3 aromatic rings. The Bertz CT molecular complexity index is 779. The molecule has 2 aromatic heterocycles. The number of nitrogens with zero attached hydrogens (tertiary/aromatic N) is 4. The van der Waals surface area contributed by atoms with Crippen LogP contribution in [0.2, 0.25) is 0 Å². The molecule has 0 bridgehead atoms. The smallest absolute Gasteiger partial charge is 0.182 e. The molecule has 1 fully saturated rings. The minimum Gasteiger partial charge on any atom is -0.370 e. The van der Waals surface area contributed by atoms with Gasteiger partial charge in [-0.05, 0) is 17.7 Å². The van der Waals surface area contributed by atoms with Crippen molar-refractivity contribution in [3.63, 3.8) is 0 Å². The lowest BCUT2D eigenvalue weighted by Crippen LogP contribution is -2.32. The Morgan fingerprint density at radius 3 is 2.74 bits per heavy atom. The molecule has 6 nitrogen and oxygen atoms in total. The van der Waals surface area contributed by atoms with Gasteiger partial charge in [0, 0.05) is 36.8 Å². The molecule has 1 aliphatic heterocycles. The molecule has 1 saturated heterocycles. The summed E-state index contributed by atoms with van der Waals surface area (Å²) in [4.78, 5) is 18.1. The van der Waals surface area contributed by atoms with Crippen LogP contribution in [-0.2, 0) is 6.54 Å². The van der Waals surface area contributed by atoms with E-state index in [1.807, 2.05) is 11.8 Å². The number of H-pyrrole nitrogens is 1. The topological polar surface area (TPSA) is 69.7 Å². The van der Waals surface area contributed by atoms with Gasteiger partial charge in [0.1, 0.15) is 11.8 Å². The molecule has 0 saturated carbocycles. The van der Waals surface area contributed by atoms with Crippen LogP contribution in [0, 0.1) is 0 Å². The van der Waals surface area contributed by atoms with Crippen LogP contribution in [-0.4, -0.2) is 44.5 Å². The van der Waals surface area contributed by atoms with Crippen molar-refractivity contribution in [2.45, 2.75) is 6.54 Å². The lowest BCUT2D eigenvalue weighted by molar-refractivity contribution is 0.858. The van der Waals surface area contributed by atoms with E-state index < -0.39 is 0 Å². The highest BCUT2D eigenvalue weighted by molar-refractivity contribution is 7.99. The Morgan fingerprint density at radius 2 is 1.91 bits per heavy atom. The third-order valence-corrected chi connectivity index (χ3v) is 4.94. The number of aromatic amines is 1. The number of rotatable bonds is 4. The molecule has 0 unspecified atom stereocenters. The summed E-state index contributed by atoms with van der Waals surface area (Å²) >= 11 is 2.03. The van der Waals surface area contributed by atoms with E-state index in [-0.39, 0.29) is 0 Å². The summed E-state index contributed by atoms with van der Waals surface area (Å²) in [7, 11) is 0. The van der Waals surface area contributed by atoms with Crippen LogP contribution in [0.25, 0.3) is 11.2 Å². The molecule has 0 radical (unpaired) electrons. The first-order valence-corrected chi connectivity index (χ1v) is 8.85. The van der Waals surface area contributed by atoms with E-state index in [0.717, 1.165) is 31.0 Å². The van der Waals surface area contributed by atoms with Gasteiger partial charge in [-0.3, -0.25) is 0 Å². The highest BCUT2D eigenvalue weighted by Crippen LogP contribution is 2.21. The van der Waals surface area contributed by atoms with Gasteiger partial charge >= 0.3 is 0 Å². The average Bonchev–Trinajstić information content (AvgIpc) is 3.10. The SMILES string of the molecule is c1nc(NCc2ccc(N3CCSCC3)cc2)c2[nH]cnc2n1. The van der Waals surface area contributed by atoms with Gasteiger partial charge in [-0.1, -0.05) is 12.1 Å². The van der Waals surface area contributed by atoms with Gasteiger partial charge < -0.3 is 15.2 Å². The fraction of sp³-hybridized carbons (Fsp3) is 0.312. The lowest BCUT2D eigenvalue weighted by Gasteiger charge is -2.28. The van der Waals surface area contributed by atoms with E-state index in [1.165, 1.54) is 29.1 Å². The maximum atomic E-state index is 4.28. The fourth-order valence-electron chi connectivity index (χ4n) is 2.73. The minimum absolute atomic E-state index is 0.681. The molecule has 0 aliphatic carbocycles. The fourth-order valence-corrected chi connectivity index (χ4v) is 3.63. The molecule has 0 amide bonds. The number of hydrogen-bond donors (Lipinski definition) is 2. The van der Waals surface area contributed by atoms with Gasteiger partial charge in [0.05, 0.1) is 6.33 Å². The van der Waals surface area contributed by atoms with E-state index in [2.05, 4.69) is 54.4 Å². The Labute approximate surface area is 138 Å². The molecular weight excluding hydrogens is 308 g/mol. The van der Waals surface area contributed by atoms with Crippen molar-refractivity contribution in [1.29, 1.82) is 0 Å². The van der Waals surface area contributed by atoms with E-state index in [4.69, 9.17) is 0 Å².